The lowest BCUT2D eigenvalue weighted by molar-refractivity contribution is -0.0505. The Morgan fingerprint density at radius 1 is 1.28 bits per heavy atom. The average Bonchev–Trinajstić information content (AvgIpc) is 2.89. The van der Waals surface area contributed by atoms with Crippen molar-refractivity contribution in [2.24, 2.45) is 0 Å². The van der Waals surface area contributed by atoms with Crippen LogP contribution in [0.25, 0.3) is 0 Å². The van der Waals surface area contributed by atoms with Gasteiger partial charge < -0.3 is 14.8 Å². The van der Waals surface area contributed by atoms with Crippen molar-refractivity contribution in [3.05, 3.63) is 5.82 Å². The SMILES string of the molecule is COCCNc1nc(C2(OC)CCCCC2)ns1. The Kier molecular flexibility index (Phi) is 4.91. The van der Waals surface area contributed by atoms with Gasteiger partial charge in [-0.25, -0.2) is 4.98 Å². The zero-order valence-corrected chi connectivity index (χ0v) is 11.9. The third-order valence-electron chi connectivity index (χ3n) is 3.47. The van der Waals surface area contributed by atoms with Crippen LogP contribution in [-0.4, -0.2) is 36.7 Å². The molecule has 1 heterocycles. The summed E-state index contributed by atoms with van der Waals surface area (Å²) >= 11 is 1.40. The summed E-state index contributed by atoms with van der Waals surface area (Å²) in [6.45, 7) is 1.43. The second kappa shape index (κ2) is 6.45. The van der Waals surface area contributed by atoms with E-state index >= 15 is 0 Å². The molecule has 5 nitrogen and oxygen atoms in total. The molecule has 0 atom stereocenters. The van der Waals surface area contributed by atoms with Crippen LogP contribution in [0, 0.1) is 0 Å². The van der Waals surface area contributed by atoms with E-state index in [1.807, 2.05) is 0 Å². The maximum Gasteiger partial charge on any atom is 0.202 e. The molecule has 1 fully saturated rings. The summed E-state index contributed by atoms with van der Waals surface area (Å²) < 4.78 is 15.2. The molecule has 18 heavy (non-hydrogen) atoms. The van der Waals surface area contributed by atoms with Crippen LogP contribution in [0.1, 0.15) is 37.9 Å². The number of ether oxygens (including phenoxy) is 2. The maximum atomic E-state index is 5.73. The van der Waals surface area contributed by atoms with E-state index in [1.54, 1.807) is 14.2 Å². The van der Waals surface area contributed by atoms with Crippen molar-refractivity contribution in [3.8, 4) is 0 Å². The Labute approximate surface area is 112 Å². The van der Waals surface area contributed by atoms with Gasteiger partial charge in [-0.15, -0.1) is 0 Å². The Hall–Kier alpha value is -0.720. The number of anilines is 1. The largest absolute Gasteiger partial charge is 0.383 e. The Morgan fingerprint density at radius 3 is 2.72 bits per heavy atom. The number of rotatable bonds is 6. The number of aromatic nitrogens is 2. The number of hydrogen-bond acceptors (Lipinski definition) is 6. The van der Waals surface area contributed by atoms with Crippen LogP contribution >= 0.6 is 11.5 Å². The summed E-state index contributed by atoms with van der Waals surface area (Å²) in [6, 6.07) is 0. The van der Waals surface area contributed by atoms with Crippen LogP contribution in [0.4, 0.5) is 5.13 Å². The van der Waals surface area contributed by atoms with Crippen LogP contribution in [0.15, 0.2) is 0 Å². The predicted molar refractivity (Wildman–Crippen MR) is 72.0 cm³/mol. The molecule has 0 spiro atoms. The van der Waals surface area contributed by atoms with Gasteiger partial charge in [-0.05, 0) is 12.8 Å². The van der Waals surface area contributed by atoms with E-state index in [1.165, 1.54) is 30.8 Å². The number of methoxy groups -OCH3 is 2. The number of hydrogen-bond donors (Lipinski definition) is 1. The molecule has 1 aliphatic rings. The molecular weight excluding hydrogens is 250 g/mol. The zero-order chi connectivity index (χ0) is 12.8. The van der Waals surface area contributed by atoms with Gasteiger partial charge in [0.15, 0.2) is 5.82 Å². The first kappa shape index (κ1) is 13.7. The Bertz CT molecular complexity index is 364. The second-order valence-corrected chi connectivity index (χ2v) is 5.35. The normalized spacial score (nSPS) is 18.8. The summed E-state index contributed by atoms with van der Waals surface area (Å²) in [4.78, 5) is 4.56. The quantitative estimate of drug-likeness (QED) is 0.805. The van der Waals surface area contributed by atoms with Crippen molar-refractivity contribution in [1.82, 2.24) is 9.36 Å². The minimum Gasteiger partial charge on any atom is -0.383 e. The van der Waals surface area contributed by atoms with Crippen molar-refractivity contribution in [1.29, 1.82) is 0 Å². The molecule has 0 aliphatic heterocycles. The van der Waals surface area contributed by atoms with Gasteiger partial charge in [0, 0.05) is 32.3 Å². The Balaban J connectivity index is 2.02. The minimum atomic E-state index is -0.254. The molecular formula is C12H21N3O2S. The van der Waals surface area contributed by atoms with E-state index in [9.17, 15) is 0 Å². The monoisotopic (exact) mass is 271 g/mol. The first-order valence-electron chi connectivity index (χ1n) is 6.43. The predicted octanol–water partition coefficient (Wildman–Crippen LogP) is 2.40. The van der Waals surface area contributed by atoms with Crippen molar-refractivity contribution in [2.45, 2.75) is 37.7 Å². The highest BCUT2D eigenvalue weighted by molar-refractivity contribution is 7.09. The smallest absolute Gasteiger partial charge is 0.202 e. The molecule has 102 valence electrons. The lowest BCUT2D eigenvalue weighted by Crippen LogP contribution is -2.32. The highest BCUT2D eigenvalue weighted by Crippen LogP contribution is 2.39. The van der Waals surface area contributed by atoms with Gasteiger partial charge in [0.25, 0.3) is 0 Å². The third-order valence-corrected chi connectivity index (χ3v) is 4.14. The molecule has 6 heteroatoms. The molecule has 0 unspecified atom stereocenters. The van der Waals surface area contributed by atoms with Crippen LogP contribution in [0.2, 0.25) is 0 Å². The molecule has 0 radical (unpaired) electrons. The van der Waals surface area contributed by atoms with Gasteiger partial charge in [0.05, 0.1) is 6.61 Å². The number of nitrogens with zero attached hydrogens (tertiary/aromatic N) is 2. The molecule has 0 aromatic carbocycles. The number of nitrogens with one attached hydrogen (secondary N) is 1. The molecule has 1 N–H and O–H groups in total. The molecule has 1 aromatic rings. The minimum absolute atomic E-state index is 0.254. The topological polar surface area (TPSA) is 56.3 Å². The lowest BCUT2D eigenvalue weighted by Gasteiger charge is -2.33. The highest BCUT2D eigenvalue weighted by Gasteiger charge is 2.37. The summed E-state index contributed by atoms with van der Waals surface area (Å²) in [5, 5.41) is 4.06. The van der Waals surface area contributed by atoms with E-state index in [0.717, 1.165) is 30.3 Å². The summed E-state index contributed by atoms with van der Waals surface area (Å²) in [7, 11) is 3.46. The van der Waals surface area contributed by atoms with Gasteiger partial charge in [-0.2, -0.15) is 4.37 Å². The van der Waals surface area contributed by atoms with Crippen molar-refractivity contribution >= 4 is 16.7 Å². The second-order valence-electron chi connectivity index (χ2n) is 4.60. The summed E-state index contributed by atoms with van der Waals surface area (Å²) in [6.07, 6.45) is 5.72. The maximum absolute atomic E-state index is 5.73. The van der Waals surface area contributed by atoms with Crippen LogP contribution in [0.3, 0.4) is 0 Å². The zero-order valence-electron chi connectivity index (χ0n) is 11.1. The molecule has 1 saturated carbocycles. The van der Waals surface area contributed by atoms with Gasteiger partial charge in [-0.3, -0.25) is 0 Å². The van der Waals surface area contributed by atoms with Gasteiger partial charge in [-0.1, -0.05) is 19.3 Å². The van der Waals surface area contributed by atoms with Crippen LogP contribution in [-0.2, 0) is 15.1 Å². The van der Waals surface area contributed by atoms with E-state index in [2.05, 4.69) is 14.7 Å². The Morgan fingerprint density at radius 2 is 2.06 bits per heavy atom. The van der Waals surface area contributed by atoms with Gasteiger partial charge in [0.1, 0.15) is 5.60 Å². The van der Waals surface area contributed by atoms with E-state index in [4.69, 9.17) is 9.47 Å². The molecule has 0 amide bonds. The lowest BCUT2D eigenvalue weighted by atomic mass is 9.84. The first-order valence-corrected chi connectivity index (χ1v) is 7.20. The van der Waals surface area contributed by atoms with Gasteiger partial charge >= 0.3 is 0 Å². The van der Waals surface area contributed by atoms with Crippen molar-refractivity contribution < 1.29 is 9.47 Å². The highest BCUT2D eigenvalue weighted by atomic mass is 32.1. The fourth-order valence-corrected chi connectivity index (χ4v) is 3.06. The van der Waals surface area contributed by atoms with Crippen molar-refractivity contribution in [3.63, 3.8) is 0 Å². The molecule has 2 rings (SSSR count). The standard InChI is InChI=1S/C12H21N3O2S/c1-16-9-8-13-11-14-10(15-18-11)12(17-2)6-4-3-5-7-12/h3-9H2,1-2H3,(H,13,14,15). The van der Waals surface area contributed by atoms with Gasteiger partial charge in [0.2, 0.25) is 5.13 Å². The van der Waals surface area contributed by atoms with Crippen molar-refractivity contribution in [2.75, 3.05) is 32.7 Å². The molecule has 0 saturated heterocycles. The van der Waals surface area contributed by atoms with Crippen LogP contribution in [0.5, 0.6) is 0 Å². The average molecular weight is 271 g/mol. The molecule has 1 aromatic heterocycles. The molecule has 1 aliphatic carbocycles. The summed E-state index contributed by atoms with van der Waals surface area (Å²) in [5.74, 6) is 0.842. The summed E-state index contributed by atoms with van der Waals surface area (Å²) in [5.41, 5.74) is -0.254. The van der Waals surface area contributed by atoms with E-state index < -0.39 is 0 Å². The van der Waals surface area contributed by atoms with E-state index in [-0.39, 0.29) is 5.60 Å². The third kappa shape index (κ3) is 2.99. The first-order chi connectivity index (χ1) is 8.80. The fourth-order valence-electron chi connectivity index (χ4n) is 2.38. The fraction of sp³-hybridized carbons (Fsp3) is 0.833. The van der Waals surface area contributed by atoms with Crippen LogP contribution < -0.4 is 5.32 Å². The van der Waals surface area contributed by atoms with E-state index in [0.29, 0.717) is 6.61 Å². The molecule has 0 bridgehead atoms.